The Morgan fingerprint density at radius 1 is 0.793 bits per heavy atom. The first-order chi connectivity index (χ1) is 13.2. The molecule has 0 atom stereocenters. The second kappa shape index (κ2) is 10.3. The monoisotopic (exact) mass is 436 g/mol. The smallest absolute Gasteiger partial charge is 0.326 e. The van der Waals surface area contributed by atoms with Crippen LogP contribution in [-0.4, -0.2) is 14.2 Å². The Morgan fingerprint density at radius 2 is 1.24 bits per heavy atom. The zero-order valence-electron chi connectivity index (χ0n) is 16.6. The molecule has 2 rings (SSSR count). The van der Waals surface area contributed by atoms with Gasteiger partial charge in [-0.05, 0) is 29.4 Å². The maximum atomic E-state index is 12.5. The molecule has 0 aromatic heterocycles. The van der Waals surface area contributed by atoms with E-state index in [4.69, 9.17) is 5.73 Å². The third-order valence-corrected chi connectivity index (χ3v) is 5.04. The molecule has 0 bridgehead atoms. The first-order valence-corrected chi connectivity index (χ1v) is 12.7. The minimum Gasteiger partial charge on any atom is -0.326 e. The van der Waals surface area contributed by atoms with Gasteiger partial charge < -0.3 is 11.1 Å². The molecule has 2 aromatic carbocycles. The van der Waals surface area contributed by atoms with E-state index < -0.39 is 31.6 Å². The van der Waals surface area contributed by atoms with Gasteiger partial charge in [-0.3, -0.25) is 0 Å². The third-order valence-electron chi connectivity index (χ3n) is 3.73. The van der Waals surface area contributed by atoms with E-state index in [1.807, 2.05) is 0 Å². The second-order valence-corrected chi connectivity index (χ2v) is 13.2. The van der Waals surface area contributed by atoms with Gasteiger partial charge in [0.15, 0.2) is 0 Å². The van der Waals surface area contributed by atoms with Gasteiger partial charge in [0, 0.05) is 13.1 Å². The number of benzene rings is 2. The number of rotatable bonds is 5. The highest BCUT2D eigenvalue weighted by atomic mass is 28.3. The molecule has 0 aliphatic rings. The largest absolute Gasteiger partial charge is 0.416 e. The minimum absolute atomic E-state index is 0.129. The molecule has 29 heavy (non-hydrogen) atoms. The number of alkyl halides is 6. The van der Waals surface area contributed by atoms with Crippen molar-refractivity contribution in [3.05, 3.63) is 70.8 Å². The minimum atomic E-state index is -4.27. The van der Waals surface area contributed by atoms with Crippen LogP contribution in [0, 0.1) is 0 Å². The number of halogens is 6. The van der Waals surface area contributed by atoms with E-state index in [-0.39, 0.29) is 6.54 Å². The van der Waals surface area contributed by atoms with Gasteiger partial charge in [-0.1, -0.05) is 56.0 Å². The topological polar surface area (TPSA) is 38.0 Å². The lowest BCUT2D eigenvalue weighted by atomic mass is 10.1. The van der Waals surface area contributed by atoms with Crippen molar-refractivity contribution in [1.29, 1.82) is 0 Å². The van der Waals surface area contributed by atoms with Gasteiger partial charge >= 0.3 is 12.4 Å². The average Bonchev–Trinajstić information content (AvgIpc) is 2.60. The van der Waals surface area contributed by atoms with E-state index in [1.165, 1.54) is 18.2 Å². The Labute approximate surface area is 168 Å². The van der Waals surface area contributed by atoms with E-state index in [9.17, 15) is 26.3 Å². The molecule has 3 N–H and O–H groups in total. The van der Waals surface area contributed by atoms with Gasteiger partial charge in [0.25, 0.3) is 0 Å². The van der Waals surface area contributed by atoms with Crippen molar-refractivity contribution < 1.29 is 26.3 Å². The molecule has 0 unspecified atom stereocenters. The molecule has 0 aliphatic heterocycles. The molecule has 0 heterocycles. The van der Waals surface area contributed by atoms with Crippen LogP contribution in [0.5, 0.6) is 0 Å². The van der Waals surface area contributed by atoms with Crippen LogP contribution in [0.25, 0.3) is 0 Å². The molecule has 9 heteroatoms. The van der Waals surface area contributed by atoms with Crippen LogP contribution in [-0.2, 0) is 25.4 Å². The van der Waals surface area contributed by atoms with Crippen LogP contribution in [0.4, 0.5) is 26.3 Å². The van der Waals surface area contributed by atoms with Crippen molar-refractivity contribution in [2.75, 3.05) is 6.17 Å². The zero-order valence-corrected chi connectivity index (χ0v) is 17.6. The summed E-state index contributed by atoms with van der Waals surface area (Å²) in [7, 11) is -1.19. The predicted molar refractivity (Wildman–Crippen MR) is 106 cm³/mol. The third kappa shape index (κ3) is 9.96. The Bertz CT molecular complexity index is 767. The van der Waals surface area contributed by atoms with Crippen molar-refractivity contribution >= 4 is 8.07 Å². The quantitative estimate of drug-likeness (QED) is 0.457. The maximum Gasteiger partial charge on any atom is 0.416 e. The fourth-order valence-electron chi connectivity index (χ4n) is 2.31. The predicted octanol–water partition coefficient (Wildman–Crippen LogP) is 5.84. The lowest BCUT2D eigenvalue weighted by Gasteiger charge is -2.17. The fourth-order valence-corrected chi connectivity index (χ4v) is 3.19. The fraction of sp³-hybridized carbons (Fsp3) is 0.400. The van der Waals surface area contributed by atoms with Gasteiger partial charge in [0.1, 0.15) is 0 Å². The van der Waals surface area contributed by atoms with E-state index in [0.29, 0.717) is 17.7 Å². The number of nitrogens with two attached hydrogens (primary N) is 1. The lowest BCUT2D eigenvalue weighted by molar-refractivity contribution is -0.138. The van der Waals surface area contributed by atoms with Crippen LogP contribution in [0.1, 0.15) is 22.3 Å². The molecule has 0 amide bonds. The van der Waals surface area contributed by atoms with Gasteiger partial charge in [-0.15, -0.1) is 0 Å². The highest BCUT2D eigenvalue weighted by molar-refractivity contribution is 6.76. The summed E-state index contributed by atoms with van der Waals surface area (Å²) in [6.45, 7) is 7.27. The number of nitrogens with one attached hydrogen (secondary N) is 1. The molecule has 0 spiro atoms. The van der Waals surface area contributed by atoms with Crippen LogP contribution >= 0.6 is 0 Å². The molecule has 2 aromatic rings. The zero-order chi connectivity index (χ0) is 22.3. The van der Waals surface area contributed by atoms with Crippen LogP contribution in [0.2, 0.25) is 19.6 Å². The van der Waals surface area contributed by atoms with Crippen molar-refractivity contribution in [2.24, 2.45) is 5.73 Å². The lowest BCUT2D eigenvalue weighted by Crippen LogP contribution is -2.36. The van der Waals surface area contributed by atoms with Crippen LogP contribution in [0.3, 0.4) is 0 Å². The highest BCUT2D eigenvalue weighted by Gasteiger charge is 2.30. The summed E-state index contributed by atoms with van der Waals surface area (Å²) in [4.78, 5) is 0. The molecule has 0 saturated heterocycles. The van der Waals surface area contributed by atoms with Crippen molar-refractivity contribution in [2.45, 2.75) is 45.1 Å². The van der Waals surface area contributed by atoms with Crippen molar-refractivity contribution in [1.82, 2.24) is 5.32 Å². The Morgan fingerprint density at radius 3 is 1.66 bits per heavy atom. The van der Waals surface area contributed by atoms with Crippen LogP contribution in [0.15, 0.2) is 48.5 Å². The molecular weight excluding hydrogens is 410 g/mol. The number of hydrogen-bond acceptors (Lipinski definition) is 2. The molecule has 0 aliphatic carbocycles. The van der Waals surface area contributed by atoms with Crippen molar-refractivity contribution in [3.8, 4) is 0 Å². The first-order valence-electron chi connectivity index (χ1n) is 8.95. The Hall–Kier alpha value is -1.84. The SMILES string of the molecule is C[Si](C)(C)CNCc1cccc(C(F)(F)F)c1.NCc1cccc(C(F)(F)F)c1. The summed E-state index contributed by atoms with van der Waals surface area (Å²) in [5, 5.41) is 3.21. The van der Waals surface area contributed by atoms with Gasteiger partial charge in [-0.2, -0.15) is 26.3 Å². The summed E-state index contributed by atoms with van der Waals surface area (Å²) in [6, 6.07) is 10.5. The normalized spacial score (nSPS) is 12.3. The van der Waals surface area contributed by atoms with Crippen molar-refractivity contribution in [3.63, 3.8) is 0 Å². The van der Waals surface area contributed by atoms with Gasteiger partial charge in [-0.25, -0.2) is 0 Å². The summed E-state index contributed by atoms with van der Waals surface area (Å²) >= 11 is 0. The molecule has 2 nitrogen and oxygen atoms in total. The Balaban J connectivity index is 0.000000308. The molecule has 0 fully saturated rings. The van der Waals surface area contributed by atoms with E-state index in [1.54, 1.807) is 12.1 Å². The summed E-state index contributed by atoms with van der Waals surface area (Å²) < 4.78 is 73.6. The highest BCUT2D eigenvalue weighted by Crippen LogP contribution is 2.30. The molecular formula is C20H26F6N2Si. The average molecular weight is 437 g/mol. The Kier molecular flexibility index (Phi) is 8.92. The molecule has 162 valence electrons. The van der Waals surface area contributed by atoms with E-state index in [0.717, 1.165) is 24.4 Å². The summed E-state index contributed by atoms with van der Waals surface area (Å²) in [5.74, 6) is 0. The summed E-state index contributed by atoms with van der Waals surface area (Å²) in [5.41, 5.74) is 5.14. The van der Waals surface area contributed by atoms with Gasteiger partial charge in [0.2, 0.25) is 0 Å². The molecule has 0 saturated carbocycles. The standard InChI is InChI=1S/C12H18F3NSi.C8H8F3N/c1-17(2,3)9-16-8-10-5-4-6-11(7-10)12(13,14)15;9-8(10,11)7-3-1-2-6(4-7)5-12/h4-7,16H,8-9H2,1-3H3;1-4H,5,12H2. The maximum absolute atomic E-state index is 12.5. The van der Waals surface area contributed by atoms with E-state index >= 15 is 0 Å². The number of hydrogen-bond donors (Lipinski definition) is 2. The molecule has 0 radical (unpaired) electrons. The van der Waals surface area contributed by atoms with E-state index in [2.05, 4.69) is 25.0 Å². The first kappa shape index (κ1) is 25.2. The second-order valence-electron chi connectivity index (χ2n) is 7.76. The van der Waals surface area contributed by atoms with Crippen LogP contribution < -0.4 is 11.1 Å². The van der Waals surface area contributed by atoms with Gasteiger partial charge in [0.05, 0.1) is 19.2 Å². The summed E-state index contributed by atoms with van der Waals surface area (Å²) in [6.07, 6.45) is -7.62.